The van der Waals surface area contributed by atoms with Crippen LogP contribution < -0.4 is 0 Å². The molecule has 2 fully saturated rings. The predicted octanol–water partition coefficient (Wildman–Crippen LogP) is 2.86. The molecule has 2 heterocycles. The molecule has 0 saturated carbocycles. The Morgan fingerprint density at radius 1 is 0.632 bits per heavy atom. The van der Waals surface area contributed by atoms with E-state index < -0.39 is 11.6 Å². The first-order chi connectivity index (χ1) is 9.32. The van der Waals surface area contributed by atoms with Crippen molar-refractivity contribution >= 4 is 0 Å². The largest absolute Gasteiger partial charge is 0.302 e. The lowest BCUT2D eigenvalue weighted by atomic mass is 9.97. The highest BCUT2D eigenvalue weighted by Gasteiger charge is 2.83. The second-order valence-electron chi connectivity index (χ2n) is 5.10. The summed E-state index contributed by atoms with van der Waals surface area (Å²) in [4.78, 5) is 10.5. The van der Waals surface area contributed by atoms with Gasteiger partial charge in [0.15, 0.2) is 0 Å². The summed E-state index contributed by atoms with van der Waals surface area (Å²) < 4.78 is 5.77. The first-order valence-electron chi connectivity index (χ1n) is 6.47. The topological polar surface area (TPSA) is 31.0 Å². The van der Waals surface area contributed by atoms with Crippen LogP contribution in [0.1, 0.15) is 11.1 Å². The molecule has 2 atom stereocenters. The normalized spacial score (nSPS) is 31.4. The standard InChI is InChI=1S/C16H14O3/c1-3-7-13(8-4-1)11-15-16(17-15,19-18-15)12-14-9-5-2-6-10-14/h1-10H,11-12H2. The molecule has 2 aromatic rings. The molecule has 4 rings (SSSR count). The minimum atomic E-state index is -0.579. The van der Waals surface area contributed by atoms with E-state index in [1.54, 1.807) is 0 Å². The van der Waals surface area contributed by atoms with Crippen LogP contribution in [-0.4, -0.2) is 11.6 Å². The van der Waals surface area contributed by atoms with Gasteiger partial charge >= 0.3 is 0 Å². The maximum atomic E-state index is 5.77. The summed E-state index contributed by atoms with van der Waals surface area (Å²) in [6.07, 6.45) is 1.45. The molecule has 0 spiro atoms. The minimum Gasteiger partial charge on any atom is -0.302 e. The third-order valence-electron chi connectivity index (χ3n) is 3.74. The molecule has 2 aromatic carbocycles. The minimum absolute atomic E-state index is 0.579. The molecule has 2 saturated heterocycles. The van der Waals surface area contributed by atoms with Crippen LogP contribution in [0.2, 0.25) is 0 Å². The average Bonchev–Trinajstić information content (AvgIpc) is 2.89. The Morgan fingerprint density at radius 2 is 1.05 bits per heavy atom. The van der Waals surface area contributed by atoms with Crippen molar-refractivity contribution in [2.45, 2.75) is 24.4 Å². The molecule has 0 radical (unpaired) electrons. The highest BCUT2D eigenvalue weighted by atomic mass is 17.4. The number of epoxide rings is 1. The van der Waals surface area contributed by atoms with Crippen LogP contribution in [0.4, 0.5) is 0 Å². The molecule has 0 bridgehead atoms. The molecule has 2 unspecified atom stereocenters. The molecule has 3 heteroatoms. The number of rotatable bonds is 4. The van der Waals surface area contributed by atoms with Gasteiger partial charge in [-0.2, -0.15) is 9.78 Å². The van der Waals surface area contributed by atoms with Crippen molar-refractivity contribution in [2.75, 3.05) is 0 Å². The van der Waals surface area contributed by atoms with Crippen LogP contribution in [0.25, 0.3) is 0 Å². The summed E-state index contributed by atoms with van der Waals surface area (Å²) in [5, 5.41) is 0. The van der Waals surface area contributed by atoms with Crippen LogP contribution in [-0.2, 0) is 27.4 Å². The molecular formula is C16H14O3. The van der Waals surface area contributed by atoms with Gasteiger partial charge in [-0.05, 0) is 11.1 Å². The molecule has 19 heavy (non-hydrogen) atoms. The first kappa shape index (κ1) is 11.2. The van der Waals surface area contributed by atoms with Crippen molar-refractivity contribution in [3.63, 3.8) is 0 Å². The second kappa shape index (κ2) is 3.90. The van der Waals surface area contributed by atoms with Gasteiger partial charge in [0.05, 0.1) is 0 Å². The van der Waals surface area contributed by atoms with Gasteiger partial charge < -0.3 is 4.74 Å². The van der Waals surface area contributed by atoms with Crippen molar-refractivity contribution in [3.8, 4) is 0 Å². The van der Waals surface area contributed by atoms with Crippen LogP contribution >= 0.6 is 0 Å². The van der Waals surface area contributed by atoms with Gasteiger partial charge in [-0.1, -0.05) is 60.7 Å². The summed E-state index contributed by atoms with van der Waals surface area (Å²) in [7, 11) is 0. The Bertz CT molecular complexity index is 530. The molecule has 3 nitrogen and oxygen atoms in total. The van der Waals surface area contributed by atoms with E-state index in [1.807, 2.05) is 36.4 Å². The molecule has 0 N–H and O–H groups in total. The van der Waals surface area contributed by atoms with Crippen LogP contribution in [0.5, 0.6) is 0 Å². The van der Waals surface area contributed by atoms with E-state index >= 15 is 0 Å². The fourth-order valence-electron chi connectivity index (χ4n) is 2.63. The van der Waals surface area contributed by atoms with Crippen molar-refractivity contribution < 1.29 is 14.5 Å². The van der Waals surface area contributed by atoms with E-state index in [0.29, 0.717) is 0 Å². The van der Waals surface area contributed by atoms with E-state index in [2.05, 4.69) is 24.3 Å². The Balaban J connectivity index is 1.50. The van der Waals surface area contributed by atoms with Gasteiger partial charge in [-0.15, -0.1) is 0 Å². The molecule has 96 valence electrons. The summed E-state index contributed by atoms with van der Waals surface area (Å²) in [5.74, 6) is -1.16. The van der Waals surface area contributed by atoms with Gasteiger partial charge in [0.25, 0.3) is 11.6 Å². The maximum Gasteiger partial charge on any atom is 0.266 e. The third-order valence-corrected chi connectivity index (χ3v) is 3.74. The zero-order valence-electron chi connectivity index (χ0n) is 10.4. The summed E-state index contributed by atoms with van der Waals surface area (Å²) >= 11 is 0. The van der Waals surface area contributed by atoms with Gasteiger partial charge in [0, 0.05) is 12.8 Å². The predicted molar refractivity (Wildman–Crippen MR) is 69.0 cm³/mol. The lowest BCUT2D eigenvalue weighted by Gasteiger charge is -2.27. The van der Waals surface area contributed by atoms with Gasteiger partial charge in [0.1, 0.15) is 0 Å². The van der Waals surface area contributed by atoms with Gasteiger partial charge in [-0.3, -0.25) is 0 Å². The van der Waals surface area contributed by atoms with E-state index in [1.165, 1.54) is 11.1 Å². The third kappa shape index (κ3) is 1.70. The summed E-state index contributed by atoms with van der Waals surface area (Å²) in [6, 6.07) is 20.4. The highest BCUT2D eigenvalue weighted by Crippen LogP contribution is 2.62. The van der Waals surface area contributed by atoms with Crippen LogP contribution in [0, 0.1) is 0 Å². The average molecular weight is 254 g/mol. The lowest BCUT2D eigenvalue weighted by Crippen LogP contribution is -2.45. The molecule has 2 aliphatic heterocycles. The molecule has 0 amide bonds. The van der Waals surface area contributed by atoms with E-state index in [0.717, 1.165) is 12.8 Å². The zero-order chi connectivity index (χ0) is 12.8. The van der Waals surface area contributed by atoms with Crippen LogP contribution in [0.15, 0.2) is 60.7 Å². The van der Waals surface area contributed by atoms with Gasteiger partial charge in [-0.25, -0.2) is 0 Å². The molecule has 2 aliphatic rings. The number of benzene rings is 2. The Morgan fingerprint density at radius 3 is 1.42 bits per heavy atom. The SMILES string of the molecule is c1ccc(CC23OOC2(Cc2ccccc2)O3)cc1. The van der Waals surface area contributed by atoms with Crippen LogP contribution in [0.3, 0.4) is 0 Å². The van der Waals surface area contributed by atoms with E-state index in [4.69, 9.17) is 14.5 Å². The monoisotopic (exact) mass is 254 g/mol. The first-order valence-corrected chi connectivity index (χ1v) is 6.47. The van der Waals surface area contributed by atoms with Crippen molar-refractivity contribution in [1.82, 2.24) is 0 Å². The second-order valence-corrected chi connectivity index (χ2v) is 5.10. The molecule has 0 aromatic heterocycles. The Hall–Kier alpha value is -1.68. The smallest absolute Gasteiger partial charge is 0.266 e. The van der Waals surface area contributed by atoms with Crippen molar-refractivity contribution in [1.29, 1.82) is 0 Å². The van der Waals surface area contributed by atoms with E-state index in [9.17, 15) is 0 Å². The maximum absolute atomic E-state index is 5.77. The van der Waals surface area contributed by atoms with Crippen molar-refractivity contribution in [2.24, 2.45) is 0 Å². The Labute approximate surface area is 111 Å². The number of ether oxygens (including phenoxy) is 1. The highest BCUT2D eigenvalue weighted by molar-refractivity contribution is 5.26. The number of hydrogen-bond acceptors (Lipinski definition) is 3. The Kier molecular flexibility index (Phi) is 2.30. The number of fused-ring (bicyclic) bond motifs is 1. The summed E-state index contributed by atoms with van der Waals surface area (Å²) in [5.41, 5.74) is 2.39. The number of hydrogen-bond donors (Lipinski definition) is 0. The lowest BCUT2D eigenvalue weighted by molar-refractivity contribution is -0.463. The van der Waals surface area contributed by atoms with Gasteiger partial charge in [0.2, 0.25) is 0 Å². The van der Waals surface area contributed by atoms with Crippen molar-refractivity contribution in [3.05, 3.63) is 71.8 Å². The summed E-state index contributed by atoms with van der Waals surface area (Å²) in [6.45, 7) is 0. The molecule has 0 aliphatic carbocycles. The fraction of sp³-hybridized carbons (Fsp3) is 0.250. The quantitative estimate of drug-likeness (QED) is 0.621. The fourth-order valence-corrected chi connectivity index (χ4v) is 2.63. The zero-order valence-corrected chi connectivity index (χ0v) is 10.4. The van der Waals surface area contributed by atoms with E-state index in [-0.39, 0.29) is 0 Å². The molecular weight excluding hydrogens is 240 g/mol.